The van der Waals surface area contributed by atoms with Crippen molar-refractivity contribution < 1.29 is 17.7 Å². The van der Waals surface area contributed by atoms with E-state index in [9.17, 15) is 13.0 Å². The van der Waals surface area contributed by atoms with Crippen molar-refractivity contribution in [3.05, 3.63) is 42.9 Å². The van der Waals surface area contributed by atoms with Crippen LogP contribution >= 0.6 is 7.14 Å². The molecule has 3 aromatic rings. The van der Waals surface area contributed by atoms with Crippen molar-refractivity contribution in [1.29, 1.82) is 0 Å². The highest BCUT2D eigenvalue weighted by atomic mass is 32.2. The van der Waals surface area contributed by atoms with Gasteiger partial charge in [-0.1, -0.05) is 12.1 Å². The first-order chi connectivity index (χ1) is 15.0. The van der Waals surface area contributed by atoms with Gasteiger partial charge >= 0.3 is 0 Å². The molecule has 0 atom stereocenters. The first-order valence-electron chi connectivity index (χ1n) is 9.68. The molecule has 1 aromatic carbocycles. The summed E-state index contributed by atoms with van der Waals surface area (Å²) in [4.78, 5) is 17.1. The molecule has 0 fully saturated rings. The normalized spacial score (nSPS) is 11.9. The Morgan fingerprint density at radius 3 is 2.31 bits per heavy atom. The Labute approximate surface area is 187 Å². The van der Waals surface area contributed by atoms with Gasteiger partial charge in [0.05, 0.1) is 29.1 Å². The number of benzene rings is 1. The number of nitrogens with zero attached hydrogens (tertiary/aromatic N) is 4. The van der Waals surface area contributed by atoms with Gasteiger partial charge in [0.2, 0.25) is 0 Å². The third-order valence-corrected chi connectivity index (χ3v) is 7.99. The van der Waals surface area contributed by atoms with Gasteiger partial charge in [-0.3, -0.25) is 0 Å². The van der Waals surface area contributed by atoms with E-state index >= 15 is 0 Å². The molecule has 12 heteroatoms. The van der Waals surface area contributed by atoms with E-state index in [1.165, 1.54) is 19.6 Å². The van der Waals surface area contributed by atoms with Crippen molar-refractivity contribution in [3.63, 3.8) is 0 Å². The summed E-state index contributed by atoms with van der Waals surface area (Å²) in [5.74, 6) is 1.22. The van der Waals surface area contributed by atoms with Gasteiger partial charge in [0, 0.05) is 6.07 Å². The van der Waals surface area contributed by atoms with Crippen LogP contribution in [-0.2, 0) is 14.4 Å². The second-order valence-electron chi connectivity index (χ2n) is 7.57. The molecule has 10 nitrogen and oxygen atoms in total. The summed E-state index contributed by atoms with van der Waals surface area (Å²) in [6.45, 7) is 6.47. The van der Waals surface area contributed by atoms with E-state index in [0.717, 1.165) is 0 Å². The van der Waals surface area contributed by atoms with Crippen LogP contribution in [0.2, 0.25) is 0 Å². The molecule has 0 spiro atoms. The van der Waals surface area contributed by atoms with Crippen molar-refractivity contribution in [1.82, 2.24) is 19.9 Å². The van der Waals surface area contributed by atoms with Crippen LogP contribution in [0.5, 0.6) is 5.88 Å². The molecule has 32 heavy (non-hydrogen) atoms. The van der Waals surface area contributed by atoms with Gasteiger partial charge in [-0.05, 0) is 39.3 Å². The topological polar surface area (TPSA) is 136 Å². The minimum Gasteiger partial charge on any atom is -0.478 e. The molecule has 0 amide bonds. The number of hydrogen-bond donors (Lipinski definition) is 2. The zero-order chi connectivity index (χ0) is 23.5. The highest BCUT2D eigenvalue weighted by Gasteiger charge is 2.23. The van der Waals surface area contributed by atoms with Crippen LogP contribution in [0.1, 0.15) is 13.8 Å². The maximum absolute atomic E-state index is 12.7. The Morgan fingerprint density at radius 1 is 1.03 bits per heavy atom. The maximum atomic E-state index is 12.7. The lowest BCUT2D eigenvalue weighted by Gasteiger charge is -2.15. The van der Waals surface area contributed by atoms with Crippen LogP contribution in [0.3, 0.4) is 0 Å². The molecule has 170 valence electrons. The number of ether oxygens (including phenoxy) is 1. The monoisotopic (exact) mass is 476 g/mol. The van der Waals surface area contributed by atoms with Crippen LogP contribution < -0.4 is 20.8 Å². The largest absolute Gasteiger partial charge is 0.478 e. The predicted molar refractivity (Wildman–Crippen MR) is 125 cm³/mol. The van der Waals surface area contributed by atoms with E-state index in [1.807, 2.05) is 0 Å². The smallest absolute Gasteiger partial charge is 0.258 e. The molecule has 2 N–H and O–H groups in total. The van der Waals surface area contributed by atoms with Crippen LogP contribution in [-0.4, -0.2) is 54.0 Å². The fourth-order valence-electron chi connectivity index (χ4n) is 2.68. The third-order valence-electron chi connectivity index (χ3n) is 4.46. The zero-order valence-corrected chi connectivity index (χ0v) is 20.1. The Bertz CT molecular complexity index is 1280. The SMILES string of the molecule is COc1nc(P(C)(C)=O)cnc1Nc1cc(Nc2ccccc2S(=O)(=O)C(C)C)ncn1. The van der Waals surface area contributed by atoms with Gasteiger partial charge in [0.1, 0.15) is 30.5 Å². The van der Waals surface area contributed by atoms with Crippen molar-refractivity contribution in [2.24, 2.45) is 0 Å². The van der Waals surface area contributed by atoms with Gasteiger partial charge in [0.25, 0.3) is 5.88 Å². The summed E-state index contributed by atoms with van der Waals surface area (Å²) < 4.78 is 42.9. The molecular formula is C20H25N6O4PS. The van der Waals surface area contributed by atoms with Gasteiger partial charge in [0.15, 0.2) is 15.7 Å². The molecule has 0 bridgehead atoms. The summed E-state index contributed by atoms with van der Waals surface area (Å²) >= 11 is 0. The van der Waals surface area contributed by atoms with E-state index in [1.54, 1.807) is 57.5 Å². The number of anilines is 4. The molecule has 2 heterocycles. The molecule has 0 aliphatic rings. The van der Waals surface area contributed by atoms with Gasteiger partial charge in [-0.2, -0.15) is 0 Å². The molecule has 0 saturated heterocycles. The molecule has 0 unspecified atom stereocenters. The lowest BCUT2D eigenvalue weighted by molar-refractivity contribution is 0.399. The number of rotatable bonds is 8. The molecule has 0 radical (unpaired) electrons. The van der Waals surface area contributed by atoms with Crippen LogP contribution in [0.15, 0.2) is 47.8 Å². The van der Waals surface area contributed by atoms with Gasteiger partial charge in [-0.25, -0.2) is 28.4 Å². The summed E-state index contributed by atoms with van der Waals surface area (Å²) in [6.07, 6.45) is 2.75. The van der Waals surface area contributed by atoms with E-state index in [0.29, 0.717) is 22.8 Å². The fraction of sp³-hybridized carbons (Fsp3) is 0.300. The Morgan fingerprint density at radius 2 is 1.69 bits per heavy atom. The Hall–Kier alpha value is -3.04. The molecule has 0 aliphatic carbocycles. The first kappa shape index (κ1) is 23.6. The molecule has 3 rings (SSSR count). The van der Waals surface area contributed by atoms with Crippen molar-refractivity contribution in [2.45, 2.75) is 24.0 Å². The minimum absolute atomic E-state index is 0.174. The van der Waals surface area contributed by atoms with Crippen molar-refractivity contribution >= 4 is 45.6 Å². The molecule has 2 aromatic heterocycles. The second kappa shape index (κ2) is 9.22. The number of para-hydroxylation sites is 1. The van der Waals surface area contributed by atoms with Gasteiger partial charge < -0.3 is 19.9 Å². The molecule has 0 aliphatic heterocycles. The fourth-order valence-corrected chi connectivity index (χ4v) is 4.55. The van der Waals surface area contributed by atoms with E-state index in [-0.39, 0.29) is 16.6 Å². The average molecular weight is 476 g/mol. The van der Waals surface area contributed by atoms with Crippen LogP contribution in [0, 0.1) is 0 Å². The van der Waals surface area contributed by atoms with Crippen LogP contribution in [0.4, 0.5) is 23.1 Å². The predicted octanol–water partition coefficient (Wildman–Crippen LogP) is 3.19. The molecular weight excluding hydrogens is 451 g/mol. The van der Waals surface area contributed by atoms with Gasteiger partial charge in [-0.15, -0.1) is 0 Å². The van der Waals surface area contributed by atoms with Crippen LogP contribution in [0.25, 0.3) is 0 Å². The zero-order valence-electron chi connectivity index (χ0n) is 18.4. The first-order valence-corrected chi connectivity index (χ1v) is 13.8. The Balaban J connectivity index is 1.89. The van der Waals surface area contributed by atoms with E-state index < -0.39 is 22.2 Å². The second-order valence-corrected chi connectivity index (χ2v) is 13.2. The number of nitrogens with one attached hydrogen (secondary N) is 2. The summed E-state index contributed by atoms with van der Waals surface area (Å²) in [5, 5.41) is 5.47. The van der Waals surface area contributed by atoms with Crippen molar-refractivity contribution in [3.8, 4) is 5.88 Å². The highest BCUT2D eigenvalue weighted by Crippen LogP contribution is 2.35. The maximum Gasteiger partial charge on any atom is 0.258 e. The third kappa shape index (κ3) is 5.23. The summed E-state index contributed by atoms with van der Waals surface area (Å²) in [7, 11) is -4.65. The highest BCUT2D eigenvalue weighted by molar-refractivity contribution is 7.92. The molecule has 0 saturated carbocycles. The number of aromatic nitrogens is 4. The quantitative estimate of drug-likeness (QED) is 0.466. The summed E-state index contributed by atoms with van der Waals surface area (Å²) in [6, 6.07) is 8.24. The Kier molecular flexibility index (Phi) is 6.80. The average Bonchev–Trinajstić information content (AvgIpc) is 2.73. The standard InChI is InChI=1S/C20H25N6O4PS/c1-13(2)32(28,29)15-9-7-6-8-14(15)24-16-10-17(23-12-22-16)25-19-20(30-3)26-18(11-21-19)31(4,5)27/h6-13H,1-5H3,(H2,21,22,23,24,25). The number of methoxy groups -OCH3 is 1. The van der Waals surface area contributed by atoms with E-state index in [2.05, 4.69) is 30.6 Å². The lowest BCUT2D eigenvalue weighted by atomic mass is 10.3. The van der Waals surface area contributed by atoms with Crippen molar-refractivity contribution in [2.75, 3.05) is 31.1 Å². The number of hydrogen-bond acceptors (Lipinski definition) is 10. The number of sulfone groups is 1. The van der Waals surface area contributed by atoms with E-state index in [4.69, 9.17) is 4.74 Å². The lowest BCUT2D eigenvalue weighted by Crippen LogP contribution is -2.15. The minimum atomic E-state index is -3.49. The summed E-state index contributed by atoms with van der Waals surface area (Å²) in [5.41, 5.74) is 0.766.